The summed E-state index contributed by atoms with van der Waals surface area (Å²) in [6.07, 6.45) is -2.83. The van der Waals surface area contributed by atoms with Gasteiger partial charge in [0.05, 0.1) is 16.4 Å². The number of aryl methyl sites for hydroxylation is 1. The quantitative estimate of drug-likeness (QED) is 0.196. The van der Waals surface area contributed by atoms with Crippen molar-refractivity contribution in [3.8, 4) is 21.7 Å². The van der Waals surface area contributed by atoms with Gasteiger partial charge in [-0.15, -0.1) is 22.7 Å². The summed E-state index contributed by atoms with van der Waals surface area (Å²) in [5.41, 5.74) is 6.68. The lowest BCUT2D eigenvalue weighted by molar-refractivity contribution is 0.100. The van der Waals surface area contributed by atoms with E-state index in [1.165, 1.54) is 23.5 Å². The predicted octanol–water partition coefficient (Wildman–Crippen LogP) is 7.32. The molecular weight excluding hydrogens is 563 g/mol. The number of nitrogens with two attached hydrogens (primary N) is 1. The summed E-state index contributed by atoms with van der Waals surface area (Å²) >= 11 is 14.4. The minimum Gasteiger partial charge on any atom is -0.365 e. The first-order valence-electron chi connectivity index (χ1n) is 10.6. The van der Waals surface area contributed by atoms with E-state index < -0.39 is 23.9 Å². The fraction of sp³-hybridized carbons (Fsp3) is 0.0833. The van der Waals surface area contributed by atoms with Crippen LogP contribution in [0.3, 0.4) is 0 Å². The normalized spacial score (nSPS) is 11.4. The van der Waals surface area contributed by atoms with E-state index in [1.54, 1.807) is 24.3 Å². The highest BCUT2D eigenvalue weighted by Gasteiger charge is 2.26. The molecule has 13 heteroatoms. The molecule has 0 radical (unpaired) electrons. The van der Waals surface area contributed by atoms with Crippen molar-refractivity contribution in [3.05, 3.63) is 73.7 Å². The van der Waals surface area contributed by atoms with Crippen LogP contribution in [0.1, 0.15) is 37.2 Å². The Hall–Kier alpha value is -3.38. The molecule has 4 heterocycles. The number of fused-ring (bicyclic) bond motifs is 1. The molecule has 0 aliphatic rings. The number of hydrogen-bond donors (Lipinski definition) is 3. The number of carbonyl (C=O) groups excluding carboxylic acids is 2. The Morgan fingerprint density at radius 1 is 1.08 bits per heavy atom. The summed E-state index contributed by atoms with van der Waals surface area (Å²) in [6, 6.07) is 11.3. The lowest BCUT2D eigenvalue weighted by Crippen LogP contribution is -2.17. The van der Waals surface area contributed by atoms with E-state index >= 15 is 0 Å². The van der Waals surface area contributed by atoms with Crippen LogP contribution in [0.15, 0.2) is 42.5 Å². The Morgan fingerprint density at radius 2 is 1.86 bits per heavy atom. The van der Waals surface area contributed by atoms with E-state index in [2.05, 4.69) is 20.5 Å². The molecule has 2 amide bonds. The van der Waals surface area contributed by atoms with Gasteiger partial charge in [0, 0.05) is 31.3 Å². The molecule has 0 aliphatic heterocycles. The summed E-state index contributed by atoms with van der Waals surface area (Å²) < 4.78 is 27.3. The molecule has 5 rings (SSSR count). The summed E-state index contributed by atoms with van der Waals surface area (Å²) in [5, 5.41) is 10.7. The molecule has 0 bridgehead atoms. The summed E-state index contributed by atoms with van der Waals surface area (Å²) in [6.45, 7) is 1.88. The average molecular weight is 578 g/mol. The minimum absolute atomic E-state index is 0.0164. The number of halogens is 4. The molecule has 0 saturated heterocycles. The van der Waals surface area contributed by atoms with E-state index in [4.69, 9.17) is 28.9 Å². The number of anilines is 1. The maximum atomic E-state index is 13.6. The summed E-state index contributed by atoms with van der Waals surface area (Å²) in [5.74, 6) is -1.46. The van der Waals surface area contributed by atoms with Crippen LogP contribution in [0.2, 0.25) is 10.0 Å². The van der Waals surface area contributed by atoms with Gasteiger partial charge in [-0.2, -0.15) is 5.10 Å². The maximum Gasteiger partial charge on any atom is 0.280 e. The number of hydrogen-bond acceptors (Lipinski definition) is 6. The number of rotatable bonds is 6. The van der Waals surface area contributed by atoms with E-state index in [-0.39, 0.29) is 21.1 Å². The zero-order chi connectivity index (χ0) is 26.4. The first-order valence-corrected chi connectivity index (χ1v) is 13.0. The largest absolute Gasteiger partial charge is 0.365 e. The molecule has 0 atom stereocenters. The number of primary amides is 1. The first-order chi connectivity index (χ1) is 17.6. The van der Waals surface area contributed by atoms with Crippen molar-refractivity contribution < 1.29 is 18.4 Å². The van der Waals surface area contributed by atoms with Gasteiger partial charge in [-0.05, 0) is 49.4 Å². The van der Waals surface area contributed by atoms with Gasteiger partial charge < -0.3 is 11.1 Å². The molecule has 0 spiro atoms. The Balaban J connectivity index is 1.61. The lowest BCUT2D eigenvalue weighted by Gasteiger charge is -2.09. The lowest BCUT2D eigenvalue weighted by atomic mass is 10.1. The van der Waals surface area contributed by atoms with Gasteiger partial charge >= 0.3 is 0 Å². The highest BCUT2D eigenvalue weighted by molar-refractivity contribution is 7.21. The second kappa shape index (κ2) is 9.82. The summed E-state index contributed by atoms with van der Waals surface area (Å²) in [7, 11) is 0. The van der Waals surface area contributed by atoms with E-state index in [9.17, 15) is 18.4 Å². The Bertz CT molecular complexity index is 1700. The van der Waals surface area contributed by atoms with Gasteiger partial charge in [-0.3, -0.25) is 14.7 Å². The van der Waals surface area contributed by atoms with Crippen molar-refractivity contribution in [2.24, 2.45) is 5.73 Å². The predicted molar refractivity (Wildman–Crippen MR) is 143 cm³/mol. The standard InChI is InChI=1S/C24H15Cl2F2N5O2S2/c1-9-2-5-17(36-9)12-7-15(21(27)28)30-24-18(12)19(20(37-24)22(29)34)31-23(35)16-8-14(32-33-16)11-4-3-10(25)6-13(11)26/h2-8,21H,1H3,(H2,29,34)(H,31,35)(H,32,33). The molecule has 0 aliphatic carbocycles. The van der Waals surface area contributed by atoms with Gasteiger partial charge in [-0.1, -0.05) is 23.2 Å². The molecule has 0 saturated carbocycles. The van der Waals surface area contributed by atoms with Crippen LogP contribution in [-0.4, -0.2) is 27.0 Å². The number of nitrogens with zero attached hydrogens (tertiary/aromatic N) is 2. The molecule has 0 fully saturated rings. The van der Waals surface area contributed by atoms with Gasteiger partial charge in [-0.25, -0.2) is 13.8 Å². The van der Waals surface area contributed by atoms with Crippen LogP contribution in [0.25, 0.3) is 31.9 Å². The molecule has 7 nitrogen and oxygen atoms in total. The van der Waals surface area contributed by atoms with E-state index in [1.807, 2.05) is 13.0 Å². The molecule has 5 aromatic rings. The number of nitrogens with one attached hydrogen (secondary N) is 2. The molecular formula is C24H15Cl2F2N5O2S2. The second-order valence-electron chi connectivity index (χ2n) is 7.90. The minimum atomic E-state index is -2.83. The highest BCUT2D eigenvalue weighted by atomic mass is 35.5. The Labute approximate surface area is 226 Å². The third-order valence-corrected chi connectivity index (χ3v) is 8.08. The Kier molecular flexibility index (Phi) is 6.71. The van der Waals surface area contributed by atoms with Gasteiger partial charge in [0.1, 0.15) is 21.1 Å². The number of benzene rings is 1. The highest BCUT2D eigenvalue weighted by Crippen LogP contribution is 2.44. The monoisotopic (exact) mass is 577 g/mol. The molecule has 4 N–H and O–H groups in total. The number of carbonyl (C=O) groups is 2. The number of pyridine rings is 1. The topological polar surface area (TPSA) is 114 Å². The number of aromatic amines is 1. The number of H-pyrrole nitrogens is 1. The Morgan fingerprint density at radius 3 is 2.51 bits per heavy atom. The molecule has 1 aromatic carbocycles. The summed E-state index contributed by atoms with van der Waals surface area (Å²) in [4.78, 5) is 31.3. The number of alkyl halides is 2. The molecule has 0 unspecified atom stereocenters. The second-order valence-corrected chi connectivity index (χ2v) is 11.0. The maximum absolute atomic E-state index is 13.6. The zero-order valence-corrected chi connectivity index (χ0v) is 21.9. The zero-order valence-electron chi connectivity index (χ0n) is 18.7. The van der Waals surface area contributed by atoms with Gasteiger partial charge in [0.25, 0.3) is 18.2 Å². The third-order valence-electron chi connectivity index (χ3n) is 5.40. The van der Waals surface area contributed by atoms with E-state index in [0.717, 1.165) is 16.2 Å². The van der Waals surface area contributed by atoms with Crippen molar-refractivity contribution in [1.82, 2.24) is 15.2 Å². The van der Waals surface area contributed by atoms with Gasteiger partial charge in [0.2, 0.25) is 0 Å². The smallest absolute Gasteiger partial charge is 0.280 e. The molecule has 188 valence electrons. The molecule has 37 heavy (non-hydrogen) atoms. The van der Waals surface area contributed by atoms with Crippen LogP contribution in [0.5, 0.6) is 0 Å². The third kappa shape index (κ3) is 4.82. The van der Waals surface area contributed by atoms with Crippen molar-refractivity contribution in [2.45, 2.75) is 13.3 Å². The SMILES string of the molecule is Cc1ccc(-c2cc(C(F)F)nc3sc(C(N)=O)c(NC(=O)c4cc(-c5ccc(Cl)cc5Cl)n[nH]4)c23)s1. The van der Waals surface area contributed by atoms with E-state index in [0.29, 0.717) is 37.1 Å². The van der Waals surface area contributed by atoms with Gasteiger partial charge in [0.15, 0.2) is 0 Å². The fourth-order valence-electron chi connectivity index (χ4n) is 3.75. The average Bonchev–Trinajstić information content (AvgIpc) is 3.57. The number of aromatic nitrogens is 3. The van der Waals surface area contributed by atoms with Crippen LogP contribution >= 0.6 is 45.9 Å². The fourth-order valence-corrected chi connectivity index (χ4v) is 6.16. The first kappa shape index (κ1) is 25.3. The van der Waals surface area contributed by atoms with Crippen LogP contribution in [-0.2, 0) is 0 Å². The van der Waals surface area contributed by atoms with Crippen LogP contribution in [0.4, 0.5) is 14.5 Å². The van der Waals surface area contributed by atoms with Crippen molar-refractivity contribution in [2.75, 3.05) is 5.32 Å². The number of amides is 2. The van der Waals surface area contributed by atoms with Crippen molar-refractivity contribution >= 4 is 73.6 Å². The van der Waals surface area contributed by atoms with Crippen LogP contribution < -0.4 is 11.1 Å². The van der Waals surface area contributed by atoms with Crippen molar-refractivity contribution in [3.63, 3.8) is 0 Å². The van der Waals surface area contributed by atoms with Crippen LogP contribution in [0, 0.1) is 6.92 Å². The van der Waals surface area contributed by atoms with Crippen molar-refractivity contribution in [1.29, 1.82) is 0 Å². The number of thiophene rings is 2. The molecule has 4 aromatic heterocycles.